The topological polar surface area (TPSA) is 63.4 Å². The molecule has 0 radical (unpaired) electrons. The quantitative estimate of drug-likeness (QED) is 0.759. The maximum atomic E-state index is 11.5. The zero-order chi connectivity index (χ0) is 12.9. The average Bonchev–Trinajstić information content (AvgIpc) is 2.25. The molecule has 0 spiro atoms. The predicted octanol–water partition coefficient (Wildman–Crippen LogP) is 1.34. The second-order valence-corrected chi connectivity index (χ2v) is 6.94. The molecule has 1 aliphatic rings. The fraction of sp³-hybridized carbons (Fsp3) is 0.833. The van der Waals surface area contributed by atoms with Gasteiger partial charge in [0, 0.05) is 13.1 Å². The van der Waals surface area contributed by atoms with Gasteiger partial charge in [0.15, 0.2) is 0 Å². The van der Waals surface area contributed by atoms with Crippen LogP contribution in [0.4, 0.5) is 0 Å². The van der Waals surface area contributed by atoms with Crippen molar-refractivity contribution in [1.82, 2.24) is 4.31 Å². The van der Waals surface area contributed by atoms with E-state index in [0.717, 1.165) is 25.7 Å². The molecule has 1 rings (SSSR count). The first-order chi connectivity index (χ1) is 7.93. The Kier molecular flexibility index (Phi) is 5.62. The van der Waals surface area contributed by atoms with Crippen LogP contribution in [0.5, 0.6) is 0 Å². The molecule has 0 bridgehead atoms. The molecular weight excluding hydrogens is 236 g/mol. The predicted molar refractivity (Wildman–Crippen MR) is 71.2 cm³/mol. The summed E-state index contributed by atoms with van der Waals surface area (Å²) in [5.74, 6) is 0.465. The lowest BCUT2D eigenvalue weighted by molar-refractivity contribution is 0.266. The van der Waals surface area contributed by atoms with Crippen LogP contribution in [0.3, 0.4) is 0 Å². The maximum absolute atomic E-state index is 11.5. The van der Waals surface area contributed by atoms with Crippen LogP contribution in [0.1, 0.15) is 32.6 Å². The minimum atomic E-state index is -3.02. The van der Waals surface area contributed by atoms with E-state index in [-0.39, 0.29) is 0 Å². The Morgan fingerprint density at radius 3 is 2.82 bits per heavy atom. The lowest BCUT2D eigenvalue weighted by atomic mass is 9.92. The van der Waals surface area contributed by atoms with Crippen molar-refractivity contribution in [1.29, 1.82) is 0 Å². The fourth-order valence-electron chi connectivity index (χ4n) is 2.36. The molecule has 17 heavy (non-hydrogen) atoms. The Balaban J connectivity index is 2.50. The highest BCUT2D eigenvalue weighted by Gasteiger charge is 2.25. The SMILES string of the molecule is CC(=CCCN)CC1CCCN(S(C)(=O)=O)C1. The third-order valence-electron chi connectivity index (χ3n) is 3.22. The van der Waals surface area contributed by atoms with Crippen molar-refractivity contribution in [3.8, 4) is 0 Å². The standard InChI is InChI=1S/C12H24N2O2S/c1-11(5-3-7-13)9-12-6-4-8-14(10-12)17(2,15)16/h5,12H,3-4,6-10,13H2,1-2H3. The van der Waals surface area contributed by atoms with Gasteiger partial charge in [-0.05, 0) is 45.1 Å². The number of hydrogen-bond donors (Lipinski definition) is 1. The lowest BCUT2D eigenvalue weighted by Crippen LogP contribution is -2.39. The molecule has 0 saturated carbocycles. The van der Waals surface area contributed by atoms with Crippen LogP contribution >= 0.6 is 0 Å². The van der Waals surface area contributed by atoms with Gasteiger partial charge in [0.1, 0.15) is 0 Å². The molecule has 100 valence electrons. The van der Waals surface area contributed by atoms with Crippen molar-refractivity contribution in [2.75, 3.05) is 25.9 Å². The van der Waals surface area contributed by atoms with E-state index in [1.165, 1.54) is 11.8 Å². The Morgan fingerprint density at radius 1 is 1.53 bits per heavy atom. The summed E-state index contributed by atoms with van der Waals surface area (Å²) in [5.41, 5.74) is 6.79. The van der Waals surface area contributed by atoms with Gasteiger partial charge in [0.2, 0.25) is 10.0 Å². The summed E-state index contributed by atoms with van der Waals surface area (Å²) < 4.78 is 24.6. The van der Waals surface area contributed by atoms with Gasteiger partial charge >= 0.3 is 0 Å². The van der Waals surface area contributed by atoms with Crippen LogP contribution in [-0.4, -0.2) is 38.6 Å². The largest absolute Gasteiger partial charge is 0.330 e. The van der Waals surface area contributed by atoms with Crippen molar-refractivity contribution < 1.29 is 8.42 Å². The minimum absolute atomic E-state index is 0.465. The van der Waals surface area contributed by atoms with Crippen LogP contribution in [0, 0.1) is 5.92 Å². The van der Waals surface area contributed by atoms with E-state index in [4.69, 9.17) is 5.73 Å². The third kappa shape index (κ3) is 5.19. The second kappa shape index (κ2) is 6.52. The molecule has 5 heteroatoms. The van der Waals surface area contributed by atoms with E-state index >= 15 is 0 Å². The summed E-state index contributed by atoms with van der Waals surface area (Å²) >= 11 is 0. The average molecular weight is 260 g/mol. The number of rotatable bonds is 5. The van der Waals surface area contributed by atoms with E-state index in [9.17, 15) is 8.42 Å². The molecule has 1 unspecified atom stereocenters. The summed E-state index contributed by atoms with van der Waals surface area (Å²) in [5, 5.41) is 0. The van der Waals surface area contributed by atoms with Crippen LogP contribution < -0.4 is 5.73 Å². The van der Waals surface area contributed by atoms with Crippen molar-refractivity contribution in [2.24, 2.45) is 11.7 Å². The lowest BCUT2D eigenvalue weighted by Gasteiger charge is -2.31. The molecule has 1 saturated heterocycles. The van der Waals surface area contributed by atoms with Gasteiger partial charge in [-0.3, -0.25) is 0 Å². The molecule has 0 aromatic heterocycles. The monoisotopic (exact) mass is 260 g/mol. The minimum Gasteiger partial charge on any atom is -0.330 e. The molecule has 0 aromatic carbocycles. The summed E-state index contributed by atoms with van der Waals surface area (Å²) in [6, 6.07) is 0. The fourth-order valence-corrected chi connectivity index (χ4v) is 3.31. The van der Waals surface area contributed by atoms with Gasteiger partial charge in [0.05, 0.1) is 6.26 Å². The first-order valence-corrected chi connectivity index (χ1v) is 8.09. The van der Waals surface area contributed by atoms with Crippen molar-refractivity contribution in [2.45, 2.75) is 32.6 Å². The van der Waals surface area contributed by atoms with Gasteiger partial charge in [-0.1, -0.05) is 11.6 Å². The molecular formula is C12H24N2O2S. The van der Waals surface area contributed by atoms with Gasteiger partial charge in [-0.2, -0.15) is 0 Å². The molecule has 4 nitrogen and oxygen atoms in total. The maximum Gasteiger partial charge on any atom is 0.211 e. The Labute approximate surface area is 105 Å². The number of nitrogens with zero attached hydrogens (tertiary/aromatic N) is 1. The van der Waals surface area contributed by atoms with Crippen LogP contribution in [0.15, 0.2) is 11.6 Å². The highest BCUT2D eigenvalue weighted by atomic mass is 32.2. The molecule has 2 N–H and O–H groups in total. The first-order valence-electron chi connectivity index (χ1n) is 6.24. The highest BCUT2D eigenvalue weighted by Crippen LogP contribution is 2.24. The molecule has 1 atom stereocenters. The summed E-state index contributed by atoms with van der Waals surface area (Å²) in [7, 11) is -3.02. The van der Waals surface area contributed by atoms with Crippen LogP contribution in [0.2, 0.25) is 0 Å². The summed E-state index contributed by atoms with van der Waals surface area (Å²) in [4.78, 5) is 0. The number of allylic oxidation sites excluding steroid dienone is 1. The van der Waals surface area contributed by atoms with E-state index < -0.39 is 10.0 Å². The molecule has 1 aliphatic heterocycles. The van der Waals surface area contributed by atoms with Crippen molar-refractivity contribution in [3.05, 3.63) is 11.6 Å². The van der Waals surface area contributed by atoms with E-state index in [0.29, 0.717) is 25.6 Å². The number of nitrogens with two attached hydrogens (primary N) is 1. The van der Waals surface area contributed by atoms with E-state index in [1.807, 2.05) is 0 Å². The van der Waals surface area contributed by atoms with Crippen molar-refractivity contribution >= 4 is 10.0 Å². The summed E-state index contributed by atoms with van der Waals surface area (Å²) in [6.45, 7) is 4.14. The van der Waals surface area contributed by atoms with E-state index in [1.54, 1.807) is 4.31 Å². The molecule has 1 fully saturated rings. The number of piperidine rings is 1. The smallest absolute Gasteiger partial charge is 0.211 e. The van der Waals surface area contributed by atoms with Gasteiger partial charge in [0.25, 0.3) is 0 Å². The van der Waals surface area contributed by atoms with Crippen LogP contribution in [-0.2, 0) is 10.0 Å². The molecule has 0 aromatic rings. The first kappa shape index (κ1) is 14.7. The van der Waals surface area contributed by atoms with Gasteiger partial charge in [-0.15, -0.1) is 0 Å². The third-order valence-corrected chi connectivity index (χ3v) is 4.49. The van der Waals surface area contributed by atoms with Crippen molar-refractivity contribution in [3.63, 3.8) is 0 Å². The molecule has 0 amide bonds. The molecule has 0 aliphatic carbocycles. The zero-order valence-electron chi connectivity index (χ0n) is 10.9. The zero-order valence-corrected chi connectivity index (χ0v) is 11.7. The normalized spacial score (nSPS) is 23.9. The molecule has 1 heterocycles. The Bertz CT molecular complexity index is 363. The Morgan fingerprint density at radius 2 is 2.24 bits per heavy atom. The number of hydrogen-bond acceptors (Lipinski definition) is 3. The highest BCUT2D eigenvalue weighted by molar-refractivity contribution is 7.88. The van der Waals surface area contributed by atoms with Gasteiger partial charge in [-0.25, -0.2) is 12.7 Å². The van der Waals surface area contributed by atoms with E-state index in [2.05, 4.69) is 13.0 Å². The Hall–Kier alpha value is -0.390. The number of sulfonamides is 1. The summed E-state index contributed by atoms with van der Waals surface area (Å²) in [6.07, 6.45) is 7.47. The van der Waals surface area contributed by atoms with Gasteiger partial charge < -0.3 is 5.73 Å². The van der Waals surface area contributed by atoms with Crippen LogP contribution in [0.25, 0.3) is 0 Å². The second-order valence-electron chi connectivity index (χ2n) is 4.96.